The number of carbonyl (C=O) groups is 1. The molecule has 1 aromatic carbocycles. The highest BCUT2D eigenvalue weighted by molar-refractivity contribution is 9.10. The maximum absolute atomic E-state index is 12.8. The Balaban J connectivity index is 2.18. The normalized spacial score (nSPS) is 18.3. The molecule has 7 heteroatoms. The van der Waals surface area contributed by atoms with E-state index in [1.807, 2.05) is 6.92 Å². The van der Waals surface area contributed by atoms with Crippen molar-refractivity contribution in [3.63, 3.8) is 0 Å². The molecule has 0 saturated carbocycles. The molecule has 21 heavy (non-hydrogen) atoms. The van der Waals surface area contributed by atoms with Crippen molar-refractivity contribution in [2.45, 2.75) is 25.9 Å². The number of piperidine rings is 1. The molecular formula is C14H16BrF3N2O. The van der Waals surface area contributed by atoms with Crippen molar-refractivity contribution in [2.24, 2.45) is 5.41 Å². The molecule has 0 aliphatic carbocycles. The van der Waals surface area contributed by atoms with Crippen LogP contribution in [0.5, 0.6) is 0 Å². The number of rotatable bonds is 2. The zero-order valence-electron chi connectivity index (χ0n) is 11.5. The fourth-order valence-electron chi connectivity index (χ4n) is 2.31. The van der Waals surface area contributed by atoms with Gasteiger partial charge in [-0.1, -0.05) is 22.9 Å². The Hall–Kier alpha value is -1.08. The minimum atomic E-state index is -4.46. The molecule has 0 unspecified atom stereocenters. The lowest BCUT2D eigenvalue weighted by atomic mass is 9.80. The number of benzene rings is 1. The topological polar surface area (TPSA) is 41.1 Å². The van der Waals surface area contributed by atoms with E-state index in [-0.39, 0.29) is 16.1 Å². The third-order valence-corrected chi connectivity index (χ3v) is 4.48. The SMILES string of the molecule is CC1(C(=O)Nc2ccc(Br)c(C(F)(F)F)c2)CCNCC1. The van der Waals surface area contributed by atoms with E-state index in [2.05, 4.69) is 26.6 Å². The smallest absolute Gasteiger partial charge is 0.326 e. The molecule has 1 aromatic rings. The molecule has 1 fully saturated rings. The van der Waals surface area contributed by atoms with Gasteiger partial charge in [-0.15, -0.1) is 0 Å². The molecule has 1 amide bonds. The Bertz CT molecular complexity index is 540. The van der Waals surface area contributed by atoms with Crippen molar-refractivity contribution in [3.8, 4) is 0 Å². The van der Waals surface area contributed by atoms with Crippen molar-refractivity contribution in [1.29, 1.82) is 0 Å². The predicted octanol–water partition coefficient (Wildman–Crippen LogP) is 3.80. The van der Waals surface area contributed by atoms with Gasteiger partial charge in [-0.05, 0) is 44.1 Å². The van der Waals surface area contributed by atoms with E-state index in [1.165, 1.54) is 12.1 Å². The minimum absolute atomic E-state index is 0.0407. The number of anilines is 1. The second-order valence-electron chi connectivity index (χ2n) is 5.46. The fraction of sp³-hybridized carbons (Fsp3) is 0.500. The summed E-state index contributed by atoms with van der Waals surface area (Å²) in [5.74, 6) is -0.237. The summed E-state index contributed by atoms with van der Waals surface area (Å²) in [6.45, 7) is 3.31. The molecule has 0 spiro atoms. The summed E-state index contributed by atoms with van der Waals surface area (Å²) in [7, 11) is 0. The molecule has 0 bridgehead atoms. The Morgan fingerprint density at radius 1 is 1.33 bits per heavy atom. The fourth-order valence-corrected chi connectivity index (χ4v) is 2.78. The Labute approximate surface area is 129 Å². The third kappa shape index (κ3) is 3.77. The van der Waals surface area contributed by atoms with Crippen LogP contribution in [0.4, 0.5) is 18.9 Å². The van der Waals surface area contributed by atoms with Crippen molar-refractivity contribution >= 4 is 27.5 Å². The van der Waals surface area contributed by atoms with E-state index in [1.54, 1.807) is 0 Å². The largest absolute Gasteiger partial charge is 0.417 e. The molecule has 3 nitrogen and oxygen atoms in total. The molecule has 116 valence electrons. The molecule has 1 saturated heterocycles. The van der Waals surface area contributed by atoms with Crippen molar-refractivity contribution in [2.75, 3.05) is 18.4 Å². The summed E-state index contributed by atoms with van der Waals surface area (Å²) in [6, 6.07) is 3.71. The van der Waals surface area contributed by atoms with Gasteiger partial charge in [0.05, 0.1) is 5.56 Å². The van der Waals surface area contributed by atoms with Crippen molar-refractivity contribution in [3.05, 3.63) is 28.2 Å². The van der Waals surface area contributed by atoms with E-state index in [9.17, 15) is 18.0 Å². The molecule has 0 atom stereocenters. The molecule has 0 aromatic heterocycles. The maximum atomic E-state index is 12.8. The highest BCUT2D eigenvalue weighted by atomic mass is 79.9. The van der Waals surface area contributed by atoms with Gasteiger partial charge in [0, 0.05) is 15.6 Å². The Morgan fingerprint density at radius 3 is 2.52 bits per heavy atom. The van der Waals surface area contributed by atoms with E-state index in [0.29, 0.717) is 12.8 Å². The number of amides is 1. The Morgan fingerprint density at radius 2 is 1.95 bits per heavy atom. The lowest BCUT2D eigenvalue weighted by Gasteiger charge is -2.32. The van der Waals surface area contributed by atoms with E-state index < -0.39 is 17.2 Å². The van der Waals surface area contributed by atoms with E-state index >= 15 is 0 Å². The van der Waals surface area contributed by atoms with Crippen molar-refractivity contribution < 1.29 is 18.0 Å². The first-order valence-electron chi connectivity index (χ1n) is 6.61. The zero-order chi connectivity index (χ0) is 15.7. The van der Waals surface area contributed by atoms with Crippen LogP contribution in [0.15, 0.2) is 22.7 Å². The van der Waals surface area contributed by atoms with Gasteiger partial charge in [-0.3, -0.25) is 4.79 Å². The minimum Gasteiger partial charge on any atom is -0.326 e. The highest BCUT2D eigenvalue weighted by Crippen LogP contribution is 2.37. The zero-order valence-corrected chi connectivity index (χ0v) is 13.1. The van der Waals surface area contributed by atoms with Gasteiger partial charge in [0.2, 0.25) is 5.91 Å². The summed E-state index contributed by atoms with van der Waals surface area (Å²) >= 11 is 2.88. The molecule has 1 aliphatic heterocycles. The summed E-state index contributed by atoms with van der Waals surface area (Å²) < 4.78 is 38.5. The lowest BCUT2D eigenvalue weighted by Crippen LogP contribution is -2.42. The first kappa shape index (κ1) is 16.3. The number of hydrogen-bond acceptors (Lipinski definition) is 2. The first-order valence-corrected chi connectivity index (χ1v) is 7.41. The van der Waals surface area contributed by atoms with Crippen LogP contribution in [0.2, 0.25) is 0 Å². The molecule has 2 rings (SSSR count). The Kier molecular flexibility index (Phi) is 4.63. The van der Waals surface area contributed by atoms with E-state index in [4.69, 9.17) is 0 Å². The van der Waals surface area contributed by atoms with Crippen LogP contribution in [-0.4, -0.2) is 19.0 Å². The second kappa shape index (κ2) is 5.96. The van der Waals surface area contributed by atoms with Gasteiger partial charge in [0.25, 0.3) is 0 Å². The average molecular weight is 365 g/mol. The van der Waals surface area contributed by atoms with Crippen LogP contribution < -0.4 is 10.6 Å². The maximum Gasteiger partial charge on any atom is 0.417 e. The molecule has 1 aliphatic rings. The second-order valence-corrected chi connectivity index (χ2v) is 6.31. The predicted molar refractivity (Wildman–Crippen MR) is 78.0 cm³/mol. The van der Waals surface area contributed by atoms with Crippen LogP contribution in [-0.2, 0) is 11.0 Å². The number of carbonyl (C=O) groups excluding carboxylic acids is 1. The van der Waals surface area contributed by atoms with Crippen LogP contribution in [0.25, 0.3) is 0 Å². The first-order chi connectivity index (χ1) is 9.72. The van der Waals surface area contributed by atoms with Gasteiger partial charge in [0.1, 0.15) is 0 Å². The molecule has 2 N–H and O–H groups in total. The average Bonchev–Trinajstić information content (AvgIpc) is 2.40. The van der Waals surface area contributed by atoms with Crippen LogP contribution in [0, 0.1) is 5.41 Å². The quantitative estimate of drug-likeness (QED) is 0.837. The standard InChI is InChI=1S/C14H16BrF3N2O/c1-13(4-6-19-7-5-13)12(21)20-9-2-3-11(15)10(8-9)14(16,17)18/h2-3,8,19H,4-7H2,1H3,(H,20,21). The van der Waals surface area contributed by atoms with Gasteiger partial charge in [-0.2, -0.15) is 13.2 Å². The van der Waals surface area contributed by atoms with Gasteiger partial charge >= 0.3 is 6.18 Å². The molecule has 1 heterocycles. The van der Waals surface area contributed by atoms with Crippen LogP contribution >= 0.6 is 15.9 Å². The number of hydrogen-bond donors (Lipinski definition) is 2. The summed E-state index contributed by atoms with van der Waals surface area (Å²) in [6.07, 6.45) is -3.12. The molecular weight excluding hydrogens is 349 g/mol. The number of nitrogens with one attached hydrogen (secondary N) is 2. The number of alkyl halides is 3. The van der Waals surface area contributed by atoms with Gasteiger partial charge in [0.15, 0.2) is 0 Å². The number of halogens is 4. The summed E-state index contributed by atoms with van der Waals surface area (Å²) in [5.41, 5.74) is -1.18. The van der Waals surface area contributed by atoms with Crippen LogP contribution in [0.3, 0.4) is 0 Å². The van der Waals surface area contributed by atoms with Crippen molar-refractivity contribution in [1.82, 2.24) is 5.32 Å². The van der Waals surface area contributed by atoms with Gasteiger partial charge < -0.3 is 10.6 Å². The van der Waals surface area contributed by atoms with Crippen LogP contribution in [0.1, 0.15) is 25.3 Å². The summed E-state index contributed by atoms with van der Waals surface area (Å²) in [5, 5.41) is 5.76. The monoisotopic (exact) mass is 364 g/mol. The van der Waals surface area contributed by atoms with Gasteiger partial charge in [-0.25, -0.2) is 0 Å². The third-order valence-electron chi connectivity index (χ3n) is 3.78. The highest BCUT2D eigenvalue weighted by Gasteiger charge is 2.36. The summed E-state index contributed by atoms with van der Waals surface area (Å²) in [4.78, 5) is 12.3. The van der Waals surface area contributed by atoms with E-state index in [0.717, 1.165) is 19.2 Å². The molecule has 0 radical (unpaired) electrons. The lowest BCUT2D eigenvalue weighted by molar-refractivity contribution is -0.138.